The monoisotopic (exact) mass is 308 g/mol. The molecule has 128 valence electrons. The zero-order valence-electron chi connectivity index (χ0n) is 14.7. The largest absolute Gasteiger partial charge is 0.466 e. The van der Waals surface area contributed by atoms with E-state index >= 15 is 0 Å². The smallest absolute Gasteiger partial charge is 0.302 e. The Hall–Kier alpha value is -1.05. The Balaban J connectivity index is 3.08. The molecule has 2 nitrogen and oxygen atoms in total. The summed E-state index contributed by atoms with van der Waals surface area (Å²) < 4.78 is 4.90. The van der Waals surface area contributed by atoms with Crippen molar-refractivity contribution >= 4 is 5.97 Å². The molecule has 0 saturated carbocycles. The van der Waals surface area contributed by atoms with Crippen LogP contribution in [-0.4, -0.2) is 12.6 Å². The molecule has 0 radical (unpaired) electrons. The Labute approximate surface area is 138 Å². The quantitative estimate of drug-likeness (QED) is 0.188. The summed E-state index contributed by atoms with van der Waals surface area (Å²) in [5.41, 5.74) is 0. The highest BCUT2D eigenvalue weighted by atomic mass is 16.5. The first-order valence-electron chi connectivity index (χ1n) is 9.16. The zero-order valence-corrected chi connectivity index (χ0v) is 14.7. The summed E-state index contributed by atoms with van der Waals surface area (Å²) in [6, 6.07) is 0. The van der Waals surface area contributed by atoms with Crippen LogP contribution < -0.4 is 0 Å². The molecule has 0 heterocycles. The number of esters is 1. The number of carbonyl (C=O) groups excluding carboxylic acids is 1. The van der Waals surface area contributed by atoms with Crippen molar-refractivity contribution in [2.24, 2.45) is 0 Å². The molecule has 0 unspecified atom stereocenters. The van der Waals surface area contributed by atoms with Gasteiger partial charge in [0.15, 0.2) is 0 Å². The average Bonchev–Trinajstić information content (AvgIpc) is 2.50. The molecule has 0 amide bonds. The van der Waals surface area contributed by atoms with Crippen molar-refractivity contribution in [3.05, 3.63) is 24.8 Å². The van der Waals surface area contributed by atoms with Crippen molar-refractivity contribution in [3.8, 4) is 0 Å². The van der Waals surface area contributed by atoms with Crippen molar-refractivity contribution in [1.82, 2.24) is 0 Å². The molecule has 0 aromatic rings. The van der Waals surface area contributed by atoms with Crippen LogP contribution in [0.2, 0.25) is 0 Å². The molecule has 0 spiro atoms. The van der Waals surface area contributed by atoms with Crippen molar-refractivity contribution in [3.63, 3.8) is 0 Å². The van der Waals surface area contributed by atoms with Gasteiger partial charge in [0.05, 0.1) is 6.61 Å². The molecule has 0 rings (SSSR count). The van der Waals surface area contributed by atoms with E-state index in [1.165, 1.54) is 71.1 Å². The summed E-state index contributed by atoms with van der Waals surface area (Å²) >= 11 is 0. The first-order valence-corrected chi connectivity index (χ1v) is 9.16. The highest BCUT2D eigenvalue weighted by molar-refractivity contribution is 5.65. The summed E-state index contributed by atoms with van der Waals surface area (Å²) in [4.78, 5) is 10.6. The zero-order chi connectivity index (χ0) is 16.3. The first kappa shape index (κ1) is 20.9. The van der Waals surface area contributed by atoms with E-state index in [0.717, 1.165) is 19.3 Å². The number of rotatable bonds is 16. The van der Waals surface area contributed by atoms with Crippen LogP contribution in [0.5, 0.6) is 0 Å². The van der Waals surface area contributed by atoms with Gasteiger partial charge in [0, 0.05) is 6.92 Å². The van der Waals surface area contributed by atoms with E-state index < -0.39 is 0 Å². The topological polar surface area (TPSA) is 26.3 Å². The van der Waals surface area contributed by atoms with Gasteiger partial charge in [0.1, 0.15) is 0 Å². The molecule has 0 aliphatic heterocycles. The van der Waals surface area contributed by atoms with Gasteiger partial charge in [-0.3, -0.25) is 4.79 Å². The van der Waals surface area contributed by atoms with Gasteiger partial charge in [0.2, 0.25) is 0 Å². The molecule has 0 atom stereocenters. The van der Waals surface area contributed by atoms with Gasteiger partial charge in [-0.2, -0.15) is 0 Å². The van der Waals surface area contributed by atoms with Crippen LogP contribution in [0.4, 0.5) is 0 Å². The number of hydrogen-bond donors (Lipinski definition) is 0. The Morgan fingerprint density at radius 2 is 1.23 bits per heavy atom. The maximum absolute atomic E-state index is 10.6. The molecule has 0 saturated heterocycles. The van der Waals surface area contributed by atoms with Crippen LogP contribution >= 0.6 is 0 Å². The van der Waals surface area contributed by atoms with Gasteiger partial charge in [-0.25, -0.2) is 0 Å². The second kappa shape index (κ2) is 18.0. The predicted octanol–water partition coefficient (Wildman–Crippen LogP) is 6.36. The lowest BCUT2D eigenvalue weighted by Crippen LogP contribution is -1.99. The van der Waals surface area contributed by atoms with E-state index in [2.05, 4.69) is 18.7 Å². The first-order chi connectivity index (χ1) is 10.8. The Kier molecular flexibility index (Phi) is 17.1. The molecule has 0 aromatic heterocycles. The lowest BCUT2D eigenvalue weighted by atomic mass is 10.1. The third kappa shape index (κ3) is 18.9. The number of carbonyl (C=O) groups is 1. The maximum Gasteiger partial charge on any atom is 0.302 e. The third-order valence-corrected chi connectivity index (χ3v) is 3.77. The second-order valence-corrected chi connectivity index (χ2v) is 6.00. The van der Waals surface area contributed by atoms with Crippen molar-refractivity contribution < 1.29 is 9.53 Å². The summed E-state index contributed by atoms with van der Waals surface area (Å²) in [5.74, 6) is -0.170. The van der Waals surface area contributed by atoms with Crippen LogP contribution in [0, 0.1) is 0 Å². The molecule has 0 aromatic carbocycles. The lowest BCUT2D eigenvalue weighted by molar-refractivity contribution is -0.141. The standard InChI is InChI=1S/C20H36O2/c1-3-4-5-6-7-8-9-10-11-12-13-14-15-16-17-18-19-22-20(2)21/h3,13-14H,1,4-12,15-19H2,2H3/b14-13-. The number of unbranched alkanes of at least 4 members (excludes halogenated alkanes) is 11. The maximum atomic E-state index is 10.6. The van der Waals surface area contributed by atoms with E-state index in [4.69, 9.17) is 4.74 Å². The SMILES string of the molecule is C=CCCCCCCCCC/C=C\CCCCCOC(C)=O. The van der Waals surface area contributed by atoms with Crippen LogP contribution in [0.15, 0.2) is 24.8 Å². The van der Waals surface area contributed by atoms with E-state index in [1.807, 2.05) is 6.08 Å². The summed E-state index contributed by atoms with van der Waals surface area (Å²) in [6.07, 6.45) is 23.1. The minimum atomic E-state index is -0.170. The van der Waals surface area contributed by atoms with Crippen LogP contribution in [0.3, 0.4) is 0 Å². The molecular formula is C20H36O2. The van der Waals surface area contributed by atoms with E-state index in [9.17, 15) is 4.79 Å². The molecule has 2 heteroatoms. The number of allylic oxidation sites excluding steroid dienone is 3. The lowest BCUT2D eigenvalue weighted by Gasteiger charge is -2.01. The summed E-state index contributed by atoms with van der Waals surface area (Å²) in [6.45, 7) is 5.79. The van der Waals surface area contributed by atoms with Crippen molar-refractivity contribution in [2.75, 3.05) is 6.61 Å². The van der Waals surface area contributed by atoms with Gasteiger partial charge in [-0.15, -0.1) is 6.58 Å². The summed E-state index contributed by atoms with van der Waals surface area (Å²) in [7, 11) is 0. The highest BCUT2D eigenvalue weighted by Crippen LogP contribution is 2.10. The average molecular weight is 309 g/mol. The van der Waals surface area contributed by atoms with Gasteiger partial charge in [-0.05, 0) is 51.4 Å². The van der Waals surface area contributed by atoms with Crippen LogP contribution in [0.1, 0.15) is 90.4 Å². The third-order valence-electron chi connectivity index (χ3n) is 3.77. The Morgan fingerprint density at radius 3 is 1.73 bits per heavy atom. The van der Waals surface area contributed by atoms with E-state index in [1.54, 1.807) is 0 Å². The fraction of sp³-hybridized carbons (Fsp3) is 0.750. The molecule has 0 aliphatic carbocycles. The van der Waals surface area contributed by atoms with Gasteiger partial charge in [0.25, 0.3) is 0 Å². The van der Waals surface area contributed by atoms with Crippen LogP contribution in [-0.2, 0) is 9.53 Å². The minimum absolute atomic E-state index is 0.170. The van der Waals surface area contributed by atoms with E-state index in [-0.39, 0.29) is 5.97 Å². The van der Waals surface area contributed by atoms with Gasteiger partial charge in [-0.1, -0.05) is 50.3 Å². The predicted molar refractivity (Wildman–Crippen MR) is 96.0 cm³/mol. The molecular weight excluding hydrogens is 272 g/mol. The number of hydrogen-bond acceptors (Lipinski definition) is 2. The van der Waals surface area contributed by atoms with Crippen LogP contribution in [0.25, 0.3) is 0 Å². The highest BCUT2D eigenvalue weighted by Gasteiger charge is 1.93. The minimum Gasteiger partial charge on any atom is -0.466 e. The molecule has 0 bridgehead atoms. The molecule has 0 aliphatic rings. The second-order valence-electron chi connectivity index (χ2n) is 6.00. The fourth-order valence-corrected chi connectivity index (χ4v) is 2.43. The van der Waals surface area contributed by atoms with E-state index in [0.29, 0.717) is 6.61 Å². The Morgan fingerprint density at radius 1 is 0.773 bits per heavy atom. The number of ether oxygens (including phenoxy) is 1. The summed E-state index contributed by atoms with van der Waals surface area (Å²) in [5, 5.41) is 0. The van der Waals surface area contributed by atoms with Crippen molar-refractivity contribution in [1.29, 1.82) is 0 Å². The molecule has 0 N–H and O–H groups in total. The fourth-order valence-electron chi connectivity index (χ4n) is 2.43. The van der Waals surface area contributed by atoms with Crippen molar-refractivity contribution in [2.45, 2.75) is 90.4 Å². The van der Waals surface area contributed by atoms with Gasteiger partial charge < -0.3 is 4.74 Å². The van der Waals surface area contributed by atoms with Gasteiger partial charge >= 0.3 is 5.97 Å². The Bertz CT molecular complexity index is 281. The molecule has 0 fully saturated rings. The molecule has 22 heavy (non-hydrogen) atoms. The normalized spacial score (nSPS) is 11.0.